The molecule has 0 aliphatic heterocycles. The summed E-state index contributed by atoms with van der Waals surface area (Å²) >= 11 is 6.17. The minimum absolute atomic E-state index is 0.0901. The Balaban J connectivity index is 1.58. The first-order valence-electron chi connectivity index (χ1n) is 10.9. The monoisotopic (exact) mass is 487 g/mol. The van der Waals surface area contributed by atoms with Gasteiger partial charge < -0.3 is 10.1 Å². The van der Waals surface area contributed by atoms with Gasteiger partial charge in [0.1, 0.15) is 0 Å². The summed E-state index contributed by atoms with van der Waals surface area (Å²) in [5.41, 5.74) is 2.22. The second-order valence-corrected chi connectivity index (χ2v) is 8.26. The number of rotatable bonds is 7. The molecule has 0 saturated carbocycles. The summed E-state index contributed by atoms with van der Waals surface area (Å²) in [5.74, 6) is -1.39. The molecule has 1 atom stereocenters. The van der Waals surface area contributed by atoms with Gasteiger partial charge in [-0.3, -0.25) is 9.59 Å². The van der Waals surface area contributed by atoms with Crippen molar-refractivity contribution < 1.29 is 14.3 Å². The molecule has 1 unspecified atom stereocenters. The minimum Gasteiger partial charge on any atom is -0.442 e. The predicted octanol–water partition coefficient (Wildman–Crippen LogP) is 4.79. The number of carbonyl (C=O) groups excluding carboxylic acids is 2. The lowest BCUT2D eigenvalue weighted by Gasteiger charge is -2.18. The molecule has 0 saturated heterocycles. The van der Waals surface area contributed by atoms with E-state index in [9.17, 15) is 14.4 Å². The maximum Gasteiger partial charge on any atom is 0.359 e. The number of hydrogen-bond donors (Lipinski definition) is 1. The summed E-state index contributed by atoms with van der Waals surface area (Å²) in [7, 11) is 0. The number of halogens is 1. The highest BCUT2D eigenvalue weighted by Crippen LogP contribution is 2.24. The molecule has 0 fully saturated rings. The molecule has 1 amide bonds. The van der Waals surface area contributed by atoms with Crippen LogP contribution in [0.25, 0.3) is 0 Å². The van der Waals surface area contributed by atoms with E-state index in [1.165, 1.54) is 16.8 Å². The molecule has 0 aliphatic carbocycles. The van der Waals surface area contributed by atoms with Gasteiger partial charge in [-0.1, -0.05) is 78.3 Å². The van der Waals surface area contributed by atoms with Crippen LogP contribution in [0.1, 0.15) is 33.3 Å². The normalized spacial score (nSPS) is 11.5. The maximum atomic E-state index is 13.1. The van der Waals surface area contributed by atoms with Crippen LogP contribution in [0, 0.1) is 6.92 Å². The van der Waals surface area contributed by atoms with E-state index in [0.717, 1.165) is 11.1 Å². The van der Waals surface area contributed by atoms with E-state index in [-0.39, 0.29) is 17.8 Å². The van der Waals surface area contributed by atoms with Crippen LogP contribution < -0.4 is 10.9 Å². The van der Waals surface area contributed by atoms with Crippen LogP contribution in [-0.4, -0.2) is 21.7 Å². The lowest BCUT2D eigenvalue weighted by atomic mass is 10.1. The number of amides is 1. The molecule has 1 aromatic heterocycles. The number of aryl methyl sites for hydroxylation is 1. The summed E-state index contributed by atoms with van der Waals surface area (Å²) < 4.78 is 6.77. The molecule has 0 radical (unpaired) electrons. The van der Waals surface area contributed by atoms with E-state index in [1.54, 1.807) is 48.5 Å². The van der Waals surface area contributed by atoms with E-state index in [4.69, 9.17) is 16.3 Å². The van der Waals surface area contributed by atoms with Crippen LogP contribution in [-0.2, 0) is 16.1 Å². The minimum atomic E-state index is -1.25. The second-order valence-electron chi connectivity index (χ2n) is 7.85. The molecule has 4 aromatic rings. The van der Waals surface area contributed by atoms with Crippen molar-refractivity contribution in [3.8, 4) is 0 Å². The number of nitrogens with one attached hydrogen (secondary N) is 1. The van der Waals surface area contributed by atoms with Gasteiger partial charge in [0.2, 0.25) is 6.10 Å². The molecule has 7 nitrogen and oxygen atoms in total. The number of ether oxygens (including phenoxy) is 1. The number of benzene rings is 3. The van der Waals surface area contributed by atoms with Gasteiger partial charge in [-0.15, -0.1) is 0 Å². The summed E-state index contributed by atoms with van der Waals surface area (Å²) in [4.78, 5) is 38.4. The first-order chi connectivity index (χ1) is 16.9. The lowest BCUT2D eigenvalue weighted by molar-refractivity contribution is -0.125. The quantitative estimate of drug-likeness (QED) is 0.378. The van der Waals surface area contributed by atoms with Gasteiger partial charge in [-0.05, 0) is 36.2 Å². The molecule has 8 heteroatoms. The SMILES string of the molecule is Cc1ccc(NC(=O)C(OC(=O)c2ccc(=O)n(Cc3ccccc3)n2)c2ccccc2)cc1Cl. The first-order valence-corrected chi connectivity index (χ1v) is 11.2. The number of carbonyl (C=O) groups is 2. The van der Waals surface area contributed by atoms with Crippen LogP contribution in [0.3, 0.4) is 0 Å². The maximum absolute atomic E-state index is 13.1. The Morgan fingerprint density at radius 1 is 0.971 bits per heavy atom. The molecule has 4 rings (SSSR count). The zero-order valence-electron chi connectivity index (χ0n) is 18.9. The third kappa shape index (κ3) is 6.02. The topological polar surface area (TPSA) is 90.3 Å². The molecule has 1 N–H and O–H groups in total. The first kappa shape index (κ1) is 23.9. The largest absolute Gasteiger partial charge is 0.442 e. The molecule has 0 aliphatic rings. The van der Waals surface area contributed by atoms with Crippen molar-refractivity contribution in [3.63, 3.8) is 0 Å². The van der Waals surface area contributed by atoms with Crippen molar-refractivity contribution in [2.24, 2.45) is 0 Å². The second kappa shape index (κ2) is 10.8. The fourth-order valence-electron chi connectivity index (χ4n) is 3.37. The van der Waals surface area contributed by atoms with Crippen LogP contribution in [0.15, 0.2) is 95.8 Å². The number of esters is 1. The Bertz CT molecular complexity index is 1410. The van der Waals surface area contributed by atoms with Crippen LogP contribution in [0.5, 0.6) is 0 Å². The zero-order chi connectivity index (χ0) is 24.8. The molecular weight excluding hydrogens is 466 g/mol. The summed E-state index contributed by atoms with van der Waals surface area (Å²) in [6.07, 6.45) is -1.25. The standard InChI is InChI=1S/C27H22ClN3O4/c1-18-12-13-21(16-22(18)28)29-26(33)25(20-10-6-3-7-11-20)35-27(34)23-14-15-24(32)31(30-23)17-19-8-4-2-5-9-19/h2-16,25H,17H2,1H3,(H,29,33). The molecule has 35 heavy (non-hydrogen) atoms. The Labute approximate surface area is 206 Å². The average molecular weight is 488 g/mol. The fraction of sp³-hybridized carbons (Fsp3) is 0.111. The number of anilines is 1. The van der Waals surface area contributed by atoms with E-state index < -0.39 is 18.0 Å². The van der Waals surface area contributed by atoms with Gasteiger partial charge in [0.05, 0.1) is 6.54 Å². The highest BCUT2D eigenvalue weighted by atomic mass is 35.5. The Morgan fingerprint density at radius 2 is 1.66 bits per heavy atom. The molecule has 1 heterocycles. The van der Waals surface area contributed by atoms with Crippen molar-refractivity contribution in [2.75, 3.05) is 5.32 Å². The smallest absolute Gasteiger partial charge is 0.359 e. The Hall–Kier alpha value is -4.23. The van der Waals surface area contributed by atoms with Crippen molar-refractivity contribution in [2.45, 2.75) is 19.6 Å². The predicted molar refractivity (Wildman–Crippen MR) is 133 cm³/mol. The number of aromatic nitrogens is 2. The van der Waals surface area contributed by atoms with Gasteiger partial charge in [0.15, 0.2) is 5.69 Å². The Kier molecular flexibility index (Phi) is 7.38. The molecular formula is C27H22ClN3O4. The third-order valence-electron chi connectivity index (χ3n) is 5.26. The van der Waals surface area contributed by atoms with Crippen LogP contribution >= 0.6 is 11.6 Å². The van der Waals surface area contributed by atoms with Crippen molar-refractivity contribution in [1.29, 1.82) is 0 Å². The van der Waals surface area contributed by atoms with E-state index in [0.29, 0.717) is 16.3 Å². The van der Waals surface area contributed by atoms with Crippen molar-refractivity contribution in [1.82, 2.24) is 9.78 Å². The highest BCUT2D eigenvalue weighted by molar-refractivity contribution is 6.31. The summed E-state index contributed by atoms with van der Waals surface area (Å²) in [6.45, 7) is 2.05. The average Bonchev–Trinajstić information content (AvgIpc) is 2.87. The van der Waals surface area contributed by atoms with Gasteiger partial charge in [0.25, 0.3) is 11.5 Å². The van der Waals surface area contributed by atoms with Crippen molar-refractivity contribution in [3.05, 3.63) is 129 Å². The molecule has 0 bridgehead atoms. The molecule has 176 valence electrons. The van der Waals surface area contributed by atoms with Crippen molar-refractivity contribution >= 4 is 29.2 Å². The lowest BCUT2D eigenvalue weighted by Crippen LogP contribution is -2.28. The zero-order valence-corrected chi connectivity index (χ0v) is 19.6. The van der Waals surface area contributed by atoms with Crippen LogP contribution in [0.2, 0.25) is 5.02 Å². The number of hydrogen-bond acceptors (Lipinski definition) is 5. The van der Waals surface area contributed by atoms with Gasteiger partial charge in [-0.2, -0.15) is 5.10 Å². The van der Waals surface area contributed by atoms with E-state index in [2.05, 4.69) is 10.4 Å². The van der Waals surface area contributed by atoms with Gasteiger partial charge >= 0.3 is 5.97 Å². The van der Waals surface area contributed by atoms with Gasteiger partial charge in [-0.25, -0.2) is 9.48 Å². The third-order valence-corrected chi connectivity index (χ3v) is 5.66. The van der Waals surface area contributed by atoms with E-state index >= 15 is 0 Å². The van der Waals surface area contributed by atoms with E-state index in [1.807, 2.05) is 37.3 Å². The van der Waals surface area contributed by atoms with Gasteiger partial charge in [0, 0.05) is 22.3 Å². The molecule has 0 spiro atoms. The number of nitrogens with zero attached hydrogens (tertiary/aromatic N) is 2. The Morgan fingerprint density at radius 3 is 2.34 bits per heavy atom. The summed E-state index contributed by atoms with van der Waals surface area (Å²) in [6, 6.07) is 25.6. The molecule has 3 aromatic carbocycles. The summed E-state index contributed by atoms with van der Waals surface area (Å²) in [5, 5.41) is 7.40. The highest BCUT2D eigenvalue weighted by Gasteiger charge is 2.27. The van der Waals surface area contributed by atoms with Crippen LogP contribution in [0.4, 0.5) is 5.69 Å². The fourth-order valence-corrected chi connectivity index (χ4v) is 3.55.